The van der Waals surface area contributed by atoms with Crippen molar-refractivity contribution in [2.45, 2.75) is 6.54 Å². The fourth-order valence-corrected chi connectivity index (χ4v) is 2.96. The number of furan rings is 1. The Bertz CT molecular complexity index is 1090. The molecule has 0 radical (unpaired) electrons. The highest BCUT2D eigenvalue weighted by Gasteiger charge is 2.36. The van der Waals surface area contributed by atoms with E-state index in [2.05, 4.69) is 5.32 Å². The molecular formula is C20H12F2N2O4. The van der Waals surface area contributed by atoms with E-state index in [0.29, 0.717) is 11.8 Å². The van der Waals surface area contributed by atoms with Gasteiger partial charge in [-0.2, -0.15) is 0 Å². The molecule has 2 aromatic carbocycles. The third-order valence-corrected chi connectivity index (χ3v) is 4.25. The fourth-order valence-electron chi connectivity index (χ4n) is 2.96. The molecule has 0 bridgehead atoms. The van der Waals surface area contributed by atoms with Crippen LogP contribution in [-0.4, -0.2) is 22.6 Å². The number of imide groups is 1. The van der Waals surface area contributed by atoms with Gasteiger partial charge in [0.2, 0.25) is 0 Å². The molecule has 0 unspecified atom stereocenters. The van der Waals surface area contributed by atoms with Gasteiger partial charge in [0.15, 0.2) is 0 Å². The van der Waals surface area contributed by atoms with Gasteiger partial charge in [0.25, 0.3) is 17.7 Å². The van der Waals surface area contributed by atoms with Gasteiger partial charge in [0.1, 0.15) is 17.4 Å². The summed E-state index contributed by atoms with van der Waals surface area (Å²) in [6.07, 6.45) is 1.44. The minimum Gasteiger partial charge on any atom is -0.467 e. The van der Waals surface area contributed by atoms with Crippen molar-refractivity contribution in [3.05, 3.63) is 88.9 Å². The molecule has 0 saturated carbocycles. The second-order valence-electron chi connectivity index (χ2n) is 6.15. The topological polar surface area (TPSA) is 79.6 Å². The molecule has 1 N–H and O–H groups in total. The number of fused-ring (bicyclic) bond motifs is 1. The van der Waals surface area contributed by atoms with Crippen molar-refractivity contribution < 1.29 is 27.6 Å². The first-order valence-corrected chi connectivity index (χ1v) is 8.22. The Balaban J connectivity index is 1.58. The maximum absolute atomic E-state index is 13.3. The maximum Gasteiger partial charge on any atom is 0.261 e. The van der Waals surface area contributed by atoms with Crippen LogP contribution in [0.15, 0.2) is 59.2 Å². The lowest BCUT2D eigenvalue weighted by Crippen LogP contribution is -2.28. The molecule has 28 heavy (non-hydrogen) atoms. The van der Waals surface area contributed by atoms with Crippen molar-refractivity contribution in [3.8, 4) is 0 Å². The number of rotatable bonds is 4. The van der Waals surface area contributed by atoms with E-state index in [9.17, 15) is 23.2 Å². The Hall–Kier alpha value is -3.81. The quantitative estimate of drug-likeness (QED) is 0.699. The number of carbonyl (C=O) groups excluding carboxylic acids is 3. The van der Waals surface area contributed by atoms with Gasteiger partial charge < -0.3 is 9.73 Å². The molecule has 3 aromatic rings. The second-order valence-corrected chi connectivity index (χ2v) is 6.15. The number of benzene rings is 2. The van der Waals surface area contributed by atoms with Crippen molar-refractivity contribution in [1.29, 1.82) is 0 Å². The van der Waals surface area contributed by atoms with Gasteiger partial charge in [-0.15, -0.1) is 0 Å². The lowest BCUT2D eigenvalue weighted by atomic mass is 10.1. The van der Waals surface area contributed by atoms with Crippen molar-refractivity contribution in [2.24, 2.45) is 0 Å². The highest BCUT2D eigenvalue weighted by atomic mass is 19.1. The third kappa shape index (κ3) is 3.16. The van der Waals surface area contributed by atoms with Crippen molar-refractivity contribution >= 4 is 23.4 Å². The molecule has 0 spiro atoms. The van der Waals surface area contributed by atoms with Crippen LogP contribution in [-0.2, 0) is 6.54 Å². The van der Waals surface area contributed by atoms with E-state index in [1.54, 1.807) is 12.1 Å². The first-order chi connectivity index (χ1) is 13.4. The second kappa shape index (κ2) is 6.73. The summed E-state index contributed by atoms with van der Waals surface area (Å²) in [4.78, 5) is 38.5. The average molecular weight is 382 g/mol. The number of nitrogens with zero attached hydrogens (tertiary/aromatic N) is 1. The molecule has 140 valence electrons. The summed E-state index contributed by atoms with van der Waals surface area (Å²) < 4.78 is 31.7. The predicted octanol–water partition coefficient (Wildman–Crippen LogP) is 3.61. The van der Waals surface area contributed by atoms with Crippen LogP contribution in [0.1, 0.15) is 36.8 Å². The monoisotopic (exact) mass is 382 g/mol. The molecule has 1 aromatic heterocycles. The van der Waals surface area contributed by atoms with Crippen molar-refractivity contribution in [3.63, 3.8) is 0 Å². The molecule has 0 aliphatic carbocycles. The van der Waals surface area contributed by atoms with Crippen molar-refractivity contribution in [2.75, 3.05) is 5.32 Å². The van der Waals surface area contributed by atoms with E-state index in [-0.39, 0.29) is 28.9 Å². The van der Waals surface area contributed by atoms with Gasteiger partial charge in [0, 0.05) is 17.3 Å². The minimum atomic E-state index is -0.835. The van der Waals surface area contributed by atoms with Gasteiger partial charge in [-0.1, -0.05) is 0 Å². The fraction of sp³-hybridized carbons (Fsp3) is 0.0500. The van der Waals surface area contributed by atoms with Crippen LogP contribution >= 0.6 is 0 Å². The van der Waals surface area contributed by atoms with Gasteiger partial charge in [-0.25, -0.2) is 8.78 Å². The van der Waals surface area contributed by atoms with Gasteiger partial charge >= 0.3 is 0 Å². The van der Waals surface area contributed by atoms with E-state index in [4.69, 9.17) is 4.42 Å². The Morgan fingerprint density at radius 2 is 1.68 bits per heavy atom. The number of hydrogen-bond acceptors (Lipinski definition) is 4. The average Bonchev–Trinajstić information content (AvgIpc) is 3.24. The summed E-state index contributed by atoms with van der Waals surface area (Å²) in [5, 5.41) is 2.36. The first-order valence-electron chi connectivity index (χ1n) is 8.22. The smallest absolute Gasteiger partial charge is 0.261 e. The molecule has 4 rings (SSSR count). The molecule has 0 fully saturated rings. The molecule has 6 nitrogen and oxygen atoms in total. The summed E-state index contributed by atoms with van der Waals surface area (Å²) in [5.74, 6) is -2.94. The summed E-state index contributed by atoms with van der Waals surface area (Å²) in [6.45, 7) is -0.0244. The van der Waals surface area contributed by atoms with Crippen LogP contribution < -0.4 is 5.32 Å². The van der Waals surface area contributed by atoms with E-state index in [1.807, 2.05) is 0 Å². The molecule has 0 saturated heterocycles. The number of nitrogens with one attached hydrogen (secondary N) is 1. The molecule has 3 amide bonds. The standard InChI is InChI=1S/C20H12F2N2O4/c21-12-7-13(22)9-14(8-12)23-18(25)11-3-4-16-17(6-11)20(27)24(19(16)26)10-15-2-1-5-28-15/h1-9H,10H2,(H,23,25). The highest BCUT2D eigenvalue weighted by Crippen LogP contribution is 2.26. The van der Waals surface area contributed by atoms with Gasteiger partial charge in [0.05, 0.1) is 23.9 Å². The lowest BCUT2D eigenvalue weighted by molar-refractivity contribution is 0.0631. The zero-order valence-electron chi connectivity index (χ0n) is 14.2. The SMILES string of the molecule is O=C(Nc1cc(F)cc(F)c1)c1ccc2c(c1)C(=O)N(Cc1ccco1)C2=O. The molecular weight excluding hydrogens is 370 g/mol. The van der Waals surface area contributed by atoms with Crippen LogP contribution in [0.4, 0.5) is 14.5 Å². The number of carbonyl (C=O) groups is 3. The molecule has 1 aliphatic heterocycles. The largest absolute Gasteiger partial charge is 0.467 e. The number of halogens is 2. The molecule has 8 heteroatoms. The van der Waals surface area contributed by atoms with E-state index >= 15 is 0 Å². The zero-order valence-corrected chi connectivity index (χ0v) is 14.2. The van der Waals surface area contributed by atoms with Crippen LogP contribution in [0.25, 0.3) is 0 Å². The number of hydrogen-bond donors (Lipinski definition) is 1. The normalized spacial score (nSPS) is 13.0. The molecule has 2 heterocycles. The third-order valence-electron chi connectivity index (χ3n) is 4.25. The Morgan fingerprint density at radius 3 is 2.36 bits per heavy atom. The minimum absolute atomic E-state index is 0.0244. The Kier molecular flexibility index (Phi) is 4.23. The van der Waals surface area contributed by atoms with Crippen LogP contribution in [0.3, 0.4) is 0 Å². The summed E-state index contributed by atoms with van der Waals surface area (Å²) in [7, 11) is 0. The summed E-state index contributed by atoms with van der Waals surface area (Å²) >= 11 is 0. The zero-order chi connectivity index (χ0) is 19.8. The molecule has 0 atom stereocenters. The summed E-state index contributed by atoms with van der Waals surface area (Å²) in [5.41, 5.74) is 0.258. The van der Waals surface area contributed by atoms with E-state index in [0.717, 1.165) is 17.0 Å². The number of anilines is 1. The Morgan fingerprint density at radius 1 is 0.964 bits per heavy atom. The van der Waals surface area contributed by atoms with E-state index < -0.39 is 29.4 Å². The van der Waals surface area contributed by atoms with Gasteiger partial charge in [-0.05, 0) is 42.5 Å². The highest BCUT2D eigenvalue weighted by molar-refractivity contribution is 6.22. The van der Waals surface area contributed by atoms with Gasteiger partial charge in [-0.3, -0.25) is 19.3 Å². The summed E-state index contributed by atoms with van der Waals surface area (Å²) in [6, 6.07) is 9.92. The van der Waals surface area contributed by atoms with Crippen LogP contribution in [0.2, 0.25) is 0 Å². The van der Waals surface area contributed by atoms with Crippen molar-refractivity contribution in [1.82, 2.24) is 4.90 Å². The maximum atomic E-state index is 13.3. The number of amides is 3. The van der Waals surface area contributed by atoms with Crippen LogP contribution in [0, 0.1) is 11.6 Å². The lowest BCUT2D eigenvalue weighted by Gasteiger charge is -2.11. The Labute approximate surface area is 157 Å². The van der Waals surface area contributed by atoms with E-state index in [1.165, 1.54) is 24.5 Å². The molecule has 1 aliphatic rings. The first kappa shape index (κ1) is 17.6. The van der Waals surface area contributed by atoms with Crippen LogP contribution in [0.5, 0.6) is 0 Å². The predicted molar refractivity (Wildman–Crippen MR) is 93.7 cm³/mol.